The van der Waals surface area contributed by atoms with Crippen molar-refractivity contribution in [3.05, 3.63) is 46.9 Å². The summed E-state index contributed by atoms with van der Waals surface area (Å²) in [5.74, 6) is -1.49. The Hall–Kier alpha value is -2.78. The molecule has 1 aliphatic heterocycles. The van der Waals surface area contributed by atoms with Gasteiger partial charge >= 0.3 is 5.97 Å². The highest BCUT2D eigenvalue weighted by atomic mass is 32.1. The topological polar surface area (TPSA) is 110 Å². The Labute approximate surface area is 159 Å². The molecule has 0 saturated carbocycles. The van der Waals surface area contributed by atoms with E-state index in [-0.39, 0.29) is 18.9 Å². The van der Waals surface area contributed by atoms with E-state index in [9.17, 15) is 14.4 Å². The molecule has 0 unspecified atom stereocenters. The van der Waals surface area contributed by atoms with Gasteiger partial charge in [-0.2, -0.15) is 0 Å². The average molecular weight is 389 g/mol. The highest BCUT2D eigenvalue weighted by molar-refractivity contribution is 7.07. The monoisotopic (exact) mass is 389 g/mol. The van der Waals surface area contributed by atoms with Gasteiger partial charge in [-0.05, 0) is 19.1 Å². The van der Waals surface area contributed by atoms with Crippen LogP contribution in [-0.2, 0) is 30.3 Å². The second-order valence-electron chi connectivity index (χ2n) is 5.83. The molecule has 2 aromatic rings. The van der Waals surface area contributed by atoms with Gasteiger partial charge in [0.25, 0.3) is 5.91 Å². The largest absolute Gasteiger partial charge is 0.464 e. The number of amides is 2. The van der Waals surface area contributed by atoms with Gasteiger partial charge in [-0.3, -0.25) is 9.59 Å². The van der Waals surface area contributed by atoms with Gasteiger partial charge in [0.2, 0.25) is 5.91 Å². The zero-order valence-electron chi connectivity index (χ0n) is 14.6. The number of ether oxygens (including phenoxy) is 2. The molecule has 2 N–H and O–H groups in total. The number of hydrogen-bond acceptors (Lipinski definition) is 7. The molecular formula is C18H19N3O5S. The molecule has 9 heteroatoms. The van der Waals surface area contributed by atoms with Crippen molar-refractivity contribution in [2.24, 2.45) is 0 Å². The molecule has 3 atom stereocenters. The highest BCUT2D eigenvalue weighted by Crippen LogP contribution is 2.24. The fourth-order valence-corrected chi connectivity index (χ4v) is 3.05. The van der Waals surface area contributed by atoms with E-state index in [4.69, 9.17) is 9.47 Å². The van der Waals surface area contributed by atoms with Crippen LogP contribution in [0.5, 0.6) is 0 Å². The van der Waals surface area contributed by atoms with Crippen molar-refractivity contribution >= 4 is 34.8 Å². The van der Waals surface area contributed by atoms with Gasteiger partial charge in [0.1, 0.15) is 6.04 Å². The predicted octanol–water partition coefficient (Wildman–Crippen LogP) is 1.14. The lowest BCUT2D eigenvalue weighted by molar-refractivity contribution is -0.144. The van der Waals surface area contributed by atoms with Crippen molar-refractivity contribution in [3.8, 4) is 0 Å². The van der Waals surface area contributed by atoms with Crippen molar-refractivity contribution in [1.29, 1.82) is 0 Å². The van der Waals surface area contributed by atoms with Crippen molar-refractivity contribution in [1.82, 2.24) is 10.3 Å². The van der Waals surface area contributed by atoms with E-state index >= 15 is 0 Å². The van der Waals surface area contributed by atoms with E-state index in [2.05, 4.69) is 15.6 Å². The summed E-state index contributed by atoms with van der Waals surface area (Å²) in [6, 6.07) is 8.08. The van der Waals surface area contributed by atoms with Crippen LogP contribution in [0.25, 0.3) is 0 Å². The molecule has 0 spiro atoms. The molecule has 1 saturated heterocycles. The Balaban J connectivity index is 1.64. The quantitative estimate of drug-likeness (QED) is 0.518. The molecular weight excluding hydrogens is 370 g/mol. The van der Waals surface area contributed by atoms with Crippen LogP contribution in [0.3, 0.4) is 0 Å². The first-order valence-corrected chi connectivity index (χ1v) is 9.38. The number of hydrogen-bond donors (Lipinski definition) is 2. The molecule has 2 amide bonds. The van der Waals surface area contributed by atoms with Gasteiger partial charge in [0.05, 0.1) is 17.8 Å². The predicted molar refractivity (Wildman–Crippen MR) is 98.1 cm³/mol. The number of carbonyl (C=O) groups is 3. The van der Waals surface area contributed by atoms with Crippen LogP contribution >= 0.6 is 11.3 Å². The van der Waals surface area contributed by atoms with Gasteiger partial charge < -0.3 is 20.1 Å². The molecule has 8 nitrogen and oxygen atoms in total. The first-order chi connectivity index (χ1) is 13.1. The number of esters is 1. The standard InChI is InChI=1S/C18H19N3O5S/c1-2-25-18(24)15-14(26-15)17(23)21-13(8-12-9-27-10-19-12)16(22)20-11-6-4-3-5-7-11/h3-7,9-10,13-15H,2,8H2,1H3,(H,20,22)(H,21,23)/t13-,14-,15-/m0/s1. The third-order valence-electron chi connectivity index (χ3n) is 3.84. The number of para-hydroxylation sites is 1. The lowest BCUT2D eigenvalue weighted by Crippen LogP contribution is -2.47. The molecule has 1 fully saturated rings. The van der Waals surface area contributed by atoms with Crippen LogP contribution in [0.2, 0.25) is 0 Å². The second-order valence-corrected chi connectivity index (χ2v) is 6.55. The molecule has 142 valence electrons. The zero-order chi connectivity index (χ0) is 19.2. The smallest absolute Gasteiger partial charge is 0.338 e. The molecule has 27 heavy (non-hydrogen) atoms. The minimum Gasteiger partial charge on any atom is -0.464 e. The number of nitrogens with zero attached hydrogens (tertiary/aromatic N) is 1. The Morgan fingerprint density at radius 2 is 2.04 bits per heavy atom. The van der Waals surface area contributed by atoms with Gasteiger partial charge in [-0.25, -0.2) is 9.78 Å². The van der Waals surface area contributed by atoms with Crippen molar-refractivity contribution in [3.63, 3.8) is 0 Å². The molecule has 1 aromatic heterocycles. The maximum absolute atomic E-state index is 12.7. The third-order valence-corrected chi connectivity index (χ3v) is 4.48. The van der Waals surface area contributed by atoms with Crippen molar-refractivity contribution in [2.75, 3.05) is 11.9 Å². The number of aromatic nitrogens is 1. The first-order valence-electron chi connectivity index (χ1n) is 8.44. The van der Waals surface area contributed by atoms with E-state index in [0.717, 1.165) is 0 Å². The molecule has 3 rings (SSSR count). The summed E-state index contributed by atoms with van der Waals surface area (Å²) in [5.41, 5.74) is 2.96. The Morgan fingerprint density at radius 3 is 2.70 bits per heavy atom. The van der Waals surface area contributed by atoms with Crippen LogP contribution in [0, 0.1) is 0 Å². The van der Waals surface area contributed by atoms with Crippen molar-refractivity contribution in [2.45, 2.75) is 31.6 Å². The number of thiazole rings is 1. The van der Waals surface area contributed by atoms with Gasteiger partial charge in [0, 0.05) is 17.5 Å². The van der Waals surface area contributed by atoms with E-state index in [1.54, 1.807) is 36.7 Å². The number of nitrogens with one attached hydrogen (secondary N) is 2. The highest BCUT2D eigenvalue weighted by Gasteiger charge is 2.52. The number of epoxide rings is 1. The van der Waals surface area contributed by atoms with Crippen LogP contribution in [0.4, 0.5) is 5.69 Å². The number of benzene rings is 1. The number of carbonyl (C=O) groups excluding carboxylic acids is 3. The number of rotatable bonds is 8. The van der Waals surface area contributed by atoms with Crippen molar-refractivity contribution < 1.29 is 23.9 Å². The minimum absolute atomic E-state index is 0.207. The summed E-state index contributed by atoms with van der Waals surface area (Å²) in [6.07, 6.45) is -1.63. The summed E-state index contributed by atoms with van der Waals surface area (Å²) in [7, 11) is 0. The molecule has 1 aromatic carbocycles. The first kappa shape index (κ1) is 19.0. The summed E-state index contributed by atoms with van der Waals surface area (Å²) >= 11 is 1.40. The normalized spacial score (nSPS) is 19.0. The van der Waals surface area contributed by atoms with E-state index in [1.807, 2.05) is 11.4 Å². The Bertz CT molecular complexity index is 797. The second kappa shape index (κ2) is 8.74. The van der Waals surface area contributed by atoms with E-state index in [1.165, 1.54) is 11.3 Å². The Morgan fingerprint density at radius 1 is 1.26 bits per heavy atom. The van der Waals surface area contributed by atoms with Crippen LogP contribution < -0.4 is 10.6 Å². The zero-order valence-corrected chi connectivity index (χ0v) is 15.4. The van der Waals surface area contributed by atoms with E-state index < -0.39 is 30.1 Å². The molecule has 1 aliphatic rings. The maximum Gasteiger partial charge on any atom is 0.338 e. The molecule has 2 heterocycles. The summed E-state index contributed by atoms with van der Waals surface area (Å²) in [6.45, 7) is 1.88. The van der Waals surface area contributed by atoms with E-state index in [0.29, 0.717) is 11.4 Å². The fourth-order valence-electron chi connectivity index (χ4n) is 2.48. The molecule has 0 radical (unpaired) electrons. The lowest BCUT2D eigenvalue weighted by Gasteiger charge is -2.17. The van der Waals surface area contributed by atoms with Gasteiger partial charge in [0.15, 0.2) is 12.2 Å². The fraction of sp³-hybridized carbons (Fsp3) is 0.333. The summed E-state index contributed by atoms with van der Waals surface area (Å²) in [4.78, 5) is 40.8. The van der Waals surface area contributed by atoms with Crippen LogP contribution in [0.15, 0.2) is 41.2 Å². The van der Waals surface area contributed by atoms with Gasteiger partial charge in [-0.15, -0.1) is 11.3 Å². The van der Waals surface area contributed by atoms with Crippen LogP contribution in [-0.4, -0.2) is 47.6 Å². The molecule has 0 bridgehead atoms. The SMILES string of the molecule is CCOC(=O)[C@H]1O[C@@H]1C(=O)N[C@@H](Cc1cscn1)C(=O)Nc1ccccc1. The number of anilines is 1. The average Bonchev–Trinajstić information content (AvgIpc) is 3.31. The molecule has 0 aliphatic carbocycles. The maximum atomic E-state index is 12.7. The van der Waals surface area contributed by atoms with Crippen LogP contribution in [0.1, 0.15) is 12.6 Å². The summed E-state index contributed by atoms with van der Waals surface area (Å²) < 4.78 is 9.93. The van der Waals surface area contributed by atoms with Gasteiger partial charge in [-0.1, -0.05) is 18.2 Å². The lowest BCUT2D eigenvalue weighted by atomic mass is 10.1. The summed E-state index contributed by atoms with van der Waals surface area (Å²) in [5, 5.41) is 7.22. The third kappa shape index (κ3) is 5.11. The minimum atomic E-state index is -0.938. The Kier molecular flexibility index (Phi) is 6.15.